The topological polar surface area (TPSA) is 100 Å². The second kappa shape index (κ2) is 10.3. The van der Waals surface area contributed by atoms with E-state index in [2.05, 4.69) is 15.6 Å². The molecule has 0 spiro atoms. The van der Waals surface area contributed by atoms with Gasteiger partial charge in [0.15, 0.2) is 5.13 Å². The molecule has 0 saturated heterocycles. The fourth-order valence-corrected chi connectivity index (χ4v) is 3.39. The Morgan fingerprint density at radius 1 is 1.24 bits per heavy atom. The quantitative estimate of drug-likeness (QED) is 0.576. The van der Waals surface area contributed by atoms with E-state index in [1.807, 2.05) is 25.8 Å². The zero-order valence-corrected chi connectivity index (χ0v) is 17.9. The summed E-state index contributed by atoms with van der Waals surface area (Å²) in [7, 11) is 1.87. The summed E-state index contributed by atoms with van der Waals surface area (Å²) >= 11 is 1.28. The number of nitrogens with zero attached hydrogens (tertiary/aromatic N) is 2. The molecule has 0 aliphatic rings. The highest BCUT2D eigenvalue weighted by Crippen LogP contribution is 2.18. The van der Waals surface area contributed by atoms with Crippen molar-refractivity contribution in [2.24, 2.45) is 0 Å². The number of hydrogen-bond donors (Lipinski definition) is 3. The summed E-state index contributed by atoms with van der Waals surface area (Å²) in [4.78, 5) is 32.0. The number of carbonyl (C=O) groups excluding carboxylic acids is 2. The van der Waals surface area contributed by atoms with Crippen LogP contribution in [-0.4, -0.2) is 47.4 Å². The minimum absolute atomic E-state index is 0.0647. The van der Waals surface area contributed by atoms with Gasteiger partial charge in [0.1, 0.15) is 5.82 Å². The van der Waals surface area contributed by atoms with Crippen LogP contribution in [0.2, 0.25) is 0 Å². The molecule has 29 heavy (non-hydrogen) atoms. The molecule has 0 aliphatic heterocycles. The van der Waals surface area contributed by atoms with Crippen molar-refractivity contribution in [2.45, 2.75) is 45.3 Å². The zero-order chi connectivity index (χ0) is 21.6. The Labute approximate surface area is 174 Å². The number of aromatic nitrogens is 1. The Morgan fingerprint density at radius 3 is 2.55 bits per heavy atom. The van der Waals surface area contributed by atoms with Crippen molar-refractivity contribution >= 4 is 28.3 Å². The Balaban J connectivity index is 2.08. The highest BCUT2D eigenvalue weighted by Gasteiger charge is 2.25. The molecule has 2 aromatic rings. The fourth-order valence-electron chi connectivity index (χ4n) is 2.77. The number of carbonyl (C=O) groups is 2. The number of hydrogen-bond acceptors (Lipinski definition) is 6. The SMILES string of the molecule is CC(C)N(C)[C@@H](C)C(=O)NC[C@H](C(=O)NCc1cnc(N)s1)c1cccc(F)c1. The monoisotopic (exact) mass is 421 g/mol. The average molecular weight is 422 g/mol. The molecule has 2 rings (SSSR count). The number of nitrogens with one attached hydrogen (secondary N) is 2. The lowest BCUT2D eigenvalue weighted by Gasteiger charge is -2.28. The van der Waals surface area contributed by atoms with Gasteiger partial charge in [-0.3, -0.25) is 14.5 Å². The second-order valence-corrected chi connectivity index (χ2v) is 8.32. The molecule has 0 radical (unpaired) electrons. The molecule has 2 atom stereocenters. The Hall–Kier alpha value is -2.52. The van der Waals surface area contributed by atoms with Crippen LogP contribution >= 0.6 is 11.3 Å². The molecule has 4 N–H and O–H groups in total. The molecule has 1 heterocycles. The molecule has 0 fully saturated rings. The molecule has 2 amide bonds. The first-order valence-corrected chi connectivity index (χ1v) is 10.2. The standard InChI is InChI=1S/C20H28FN5O2S/c1-12(2)26(4)13(3)18(27)24-11-17(14-6-5-7-15(21)8-14)19(28)23-9-16-10-25-20(22)29-16/h5-8,10,12-13,17H,9,11H2,1-4H3,(H2,22,25)(H,23,28)(H,24,27)/t13-,17-/m0/s1. The maximum atomic E-state index is 13.7. The summed E-state index contributed by atoms with van der Waals surface area (Å²) in [5, 5.41) is 6.06. The number of thiazole rings is 1. The Morgan fingerprint density at radius 2 is 1.97 bits per heavy atom. The van der Waals surface area contributed by atoms with Crippen molar-refractivity contribution in [3.05, 3.63) is 46.7 Å². The largest absolute Gasteiger partial charge is 0.375 e. The van der Waals surface area contributed by atoms with Crippen LogP contribution in [0.5, 0.6) is 0 Å². The van der Waals surface area contributed by atoms with Gasteiger partial charge >= 0.3 is 0 Å². The van der Waals surface area contributed by atoms with E-state index < -0.39 is 11.7 Å². The number of anilines is 1. The summed E-state index contributed by atoms with van der Waals surface area (Å²) in [5.74, 6) is -1.66. The van der Waals surface area contributed by atoms with E-state index in [-0.39, 0.29) is 37.0 Å². The van der Waals surface area contributed by atoms with Gasteiger partial charge < -0.3 is 16.4 Å². The summed E-state index contributed by atoms with van der Waals surface area (Å²) in [5.41, 5.74) is 6.11. The summed E-state index contributed by atoms with van der Waals surface area (Å²) in [6.45, 7) is 6.13. The van der Waals surface area contributed by atoms with Gasteiger partial charge in [-0.25, -0.2) is 9.37 Å². The molecule has 0 unspecified atom stereocenters. The van der Waals surface area contributed by atoms with E-state index >= 15 is 0 Å². The average Bonchev–Trinajstić information content (AvgIpc) is 3.10. The second-order valence-electron chi connectivity index (χ2n) is 7.17. The van der Waals surface area contributed by atoms with Crippen LogP contribution in [0.25, 0.3) is 0 Å². The van der Waals surface area contributed by atoms with Crippen LogP contribution in [0.4, 0.5) is 9.52 Å². The van der Waals surface area contributed by atoms with Crippen molar-refractivity contribution < 1.29 is 14.0 Å². The molecule has 1 aromatic heterocycles. The molecular weight excluding hydrogens is 393 g/mol. The first-order chi connectivity index (χ1) is 13.7. The molecule has 1 aromatic carbocycles. The summed E-state index contributed by atoms with van der Waals surface area (Å²) < 4.78 is 13.7. The third kappa shape index (κ3) is 6.50. The summed E-state index contributed by atoms with van der Waals surface area (Å²) in [6.07, 6.45) is 1.60. The Kier molecular flexibility index (Phi) is 8.10. The van der Waals surface area contributed by atoms with E-state index in [0.717, 1.165) is 4.88 Å². The number of benzene rings is 1. The van der Waals surface area contributed by atoms with Crippen LogP contribution in [0.15, 0.2) is 30.5 Å². The first kappa shape index (κ1) is 22.8. The van der Waals surface area contributed by atoms with Gasteiger partial charge in [-0.05, 0) is 45.5 Å². The van der Waals surface area contributed by atoms with Gasteiger partial charge in [0, 0.05) is 23.7 Å². The molecule has 158 valence electrons. The van der Waals surface area contributed by atoms with E-state index in [4.69, 9.17) is 5.73 Å². The van der Waals surface area contributed by atoms with Crippen molar-refractivity contribution in [2.75, 3.05) is 19.3 Å². The molecule has 0 saturated carbocycles. The number of nitrogens with two attached hydrogens (primary N) is 1. The fraction of sp³-hybridized carbons (Fsp3) is 0.450. The highest BCUT2D eigenvalue weighted by molar-refractivity contribution is 7.15. The lowest BCUT2D eigenvalue weighted by Crippen LogP contribution is -2.47. The number of nitrogen functional groups attached to an aromatic ring is 1. The number of amides is 2. The van der Waals surface area contributed by atoms with Gasteiger partial charge in [-0.1, -0.05) is 12.1 Å². The van der Waals surface area contributed by atoms with Crippen LogP contribution in [0.1, 0.15) is 37.1 Å². The smallest absolute Gasteiger partial charge is 0.237 e. The van der Waals surface area contributed by atoms with Gasteiger partial charge in [-0.15, -0.1) is 11.3 Å². The Bertz CT molecular complexity index is 842. The van der Waals surface area contributed by atoms with E-state index in [9.17, 15) is 14.0 Å². The number of halogens is 1. The number of rotatable bonds is 9. The number of likely N-dealkylation sites (N-methyl/N-ethyl adjacent to an activating group) is 1. The minimum atomic E-state index is -0.725. The maximum Gasteiger partial charge on any atom is 0.237 e. The van der Waals surface area contributed by atoms with E-state index in [1.54, 1.807) is 25.3 Å². The van der Waals surface area contributed by atoms with Gasteiger partial charge in [0.2, 0.25) is 11.8 Å². The summed E-state index contributed by atoms with van der Waals surface area (Å²) in [6, 6.07) is 5.69. The van der Waals surface area contributed by atoms with Crippen molar-refractivity contribution in [3.8, 4) is 0 Å². The lowest BCUT2D eigenvalue weighted by atomic mass is 9.97. The molecule has 9 heteroatoms. The predicted octanol–water partition coefficient (Wildman–Crippen LogP) is 2.11. The normalized spacial score (nSPS) is 13.3. The third-order valence-electron chi connectivity index (χ3n) is 4.86. The van der Waals surface area contributed by atoms with Crippen LogP contribution in [-0.2, 0) is 16.1 Å². The minimum Gasteiger partial charge on any atom is -0.375 e. The van der Waals surface area contributed by atoms with Crippen LogP contribution in [0, 0.1) is 5.82 Å². The van der Waals surface area contributed by atoms with Gasteiger partial charge in [0.05, 0.1) is 18.5 Å². The van der Waals surface area contributed by atoms with Crippen molar-refractivity contribution in [1.82, 2.24) is 20.5 Å². The van der Waals surface area contributed by atoms with Crippen LogP contribution in [0.3, 0.4) is 0 Å². The molecular formula is C20H28FN5O2S. The molecule has 0 aliphatic carbocycles. The van der Waals surface area contributed by atoms with Gasteiger partial charge in [0.25, 0.3) is 0 Å². The lowest BCUT2D eigenvalue weighted by molar-refractivity contribution is -0.126. The predicted molar refractivity (Wildman–Crippen MR) is 113 cm³/mol. The first-order valence-electron chi connectivity index (χ1n) is 9.42. The highest BCUT2D eigenvalue weighted by atomic mass is 32.1. The van der Waals surface area contributed by atoms with Crippen molar-refractivity contribution in [1.29, 1.82) is 0 Å². The van der Waals surface area contributed by atoms with Gasteiger partial charge in [-0.2, -0.15) is 0 Å². The maximum absolute atomic E-state index is 13.7. The zero-order valence-electron chi connectivity index (χ0n) is 17.1. The van der Waals surface area contributed by atoms with Crippen LogP contribution < -0.4 is 16.4 Å². The third-order valence-corrected chi connectivity index (χ3v) is 5.69. The van der Waals surface area contributed by atoms with E-state index in [0.29, 0.717) is 10.7 Å². The molecule has 7 nitrogen and oxygen atoms in total. The van der Waals surface area contributed by atoms with Crippen molar-refractivity contribution in [3.63, 3.8) is 0 Å². The molecule has 0 bridgehead atoms. The van der Waals surface area contributed by atoms with E-state index in [1.165, 1.54) is 23.5 Å².